The molecule has 0 saturated heterocycles. The maximum absolute atomic E-state index is 11.3. The summed E-state index contributed by atoms with van der Waals surface area (Å²) in [6.07, 6.45) is 0. The molecular formula is C16H14N2O2. The van der Waals surface area contributed by atoms with Crippen LogP contribution in [0.2, 0.25) is 0 Å². The second kappa shape index (κ2) is 5.89. The molecule has 0 unspecified atom stereocenters. The molecule has 0 heterocycles. The van der Waals surface area contributed by atoms with Crippen LogP contribution >= 0.6 is 0 Å². The minimum absolute atomic E-state index is 0.321. The van der Waals surface area contributed by atoms with Gasteiger partial charge in [-0.05, 0) is 42.3 Å². The zero-order valence-electron chi connectivity index (χ0n) is 11.1. The highest BCUT2D eigenvalue weighted by molar-refractivity contribution is 5.95. The van der Waals surface area contributed by atoms with E-state index >= 15 is 0 Å². The smallest absolute Gasteiger partial charge is 0.252 e. The second-order valence-corrected chi connectivity index (χ2v) is 4.40. The van der Waals surface area contributed by atoms with Crippen molar-refractivity contribution >= 4 is 5.91 Å². The molecular weight excluding hydrogens is 252 g/mol. The summed E-state index contributed by atoms with van der Waals surface area (Å²) in [6, 6.07) is 14.3. The summed E-state index contributed by atoms with van der Waals surface area (Å²) in [5.41, 5.74) is 8.21. The van der Waals surface area contributed by atoms with Crippen LogP contribution in [0.5, 0.6) is 5.75 Å². The molecule has 4 heteroatoms. The van der Waals surface area contributed by atoms with Crippen molar-refractivity contribution in [3.05, 3.63) is 64.7 Å². The largest absolute Gasteiger partial charge is 0.488 e. The van der Waals surface area contributed by atoms with Crippen molar-refractivity contribution in [3.63, 3.8) is 0 Å². The van der Waals surface area contributed by atoms with Gasteiger partial charge in [-0.25, -0.2) is 0 Å². The summed E-state index contributed by atoms with van der Waals surface area (Å²) in [6.45, 7) is 2.24. The maximum Gasteiger partial charge on any atom is 0.252 e. The van der Waals surface area contributed by atoms with Gasteiger partial charge in [0.25, 0.3) is 5.91 Å². The summed E-state index contributed by atoms with van der Waals surface area (Å²) >= 11 is 0. The van der Waals surface area contributed by atoms with E-state index in [4.69, 9.17) is 15.7 Å². The number of rotatable bonds is 4. The van der Waals surface area contributed by atoms with Crippen LogP contribution in [0.15, 0.2) is 42.5 Å². The Balaban J connectivity index is 2.18. The van der Waals surface area contributed by atoms with E-state index in [9.17, 15) is 4.79 Å². The van der Waals surface area contributed by atoms with Crippen LogP contribution in [-0.4, -0.2) is 5.91 Å². The molecule has 20 heavy (non-hydrogen) atoms. The van der Waals surface area contributed by atoms with Gasteiger partial charge in [-0.15, -0.1) is 0 Å². The first-order valence-corrected chi connectivity index (χ1v) is 6.13. The van der Waals surface area contributed by atoms with E-state index in [0.29, 0.717) is 23.5 Å². The molecule has 0 atom stereocenters. The predicted molar refractivity (Wildman–Crippen MR) is 75.2 cm³/mol. The SMILES string of the molecule is Cc1cc(C#N)ccc1COc1ccccc1C(N)=O. The van der Waals surface area contributed by atoms with Gasteiger partial charge in [0.1, 0.15) is 12.4 Å². The Hall–Kier alpha value is -2.80. The molecule has 100 valence electrons. The fraction of sp³-hybridized carbons (Fsp3) is 0.125. The van der Waals surface area contributed by atoms with E-state index in [1.54, 1.807) is 36.4 Å². The molecule has 0 radical (unpaired) electrons. The lowest BCUT2D eigenvalue weighted by atomic mass is 10.1. The van der Waals surface area contributed by atoms with Crippen molar-refractivity contribution in [3.8, 4) is 11.8 Å². The fourth-order valence-electron chi connectivity index (χ4n) is 1.88. The van der Waals surface area contributed by atoms with Crippen molar-refractivity contribution in [1.29, 1.82) is 5.26 Å². The van der Waals surface area contributed by atoms with E-state index in [1.165, 1.54) is 0 Å². The van der Waals surface area contributed by atoms with Gasteiger partial charge in [0.15, 0.2) is 0 Å². The van der Waals surface area contributed by atoms with Crippen molar-refractivity contribution in [2.75, 3.05) is 0 Å². The van der Waals surface area contributed by atoms with Crippen LogP contribution in [0, 0.1) is 18.3 Å². The van der Waals surface area contributed by atoms with E-state index in [0.717, 1.165) is 11.1 Å². The Morgan fingerprint density at radius 1 is 1.30 bits per heavy atom. The lowest BCUT2D eigenvalue weighted by Gasteiger charge is -2.11. The van der Waals surface area contributed by atoms with Crippen LogP contribution in [0.3, 0.4) is 0 Å². The molecule has 0 aliphatic carbocycles. The van der Waals surface area contributed by atoms with Crippen molar-refractivity contribution in [2.24, 2.45) is 5.73 Å². The molecule has 1 amide bonds. The van der Waals surface area contributed by atoms with Crippen molar-refractivity contribution in [2.45, 2.75) is 13.5 Å². The minimum atomic E-state index is -0.517. The van der Waals surface area contributed by atoms with Gasteiger partial charge in [0.2, 0.25) is 0 Å². The second-order valence-electron chi connectivity index (χ2n) is 4.40. The Labute approximate surface area is 117 Å². The molecule has 0 aliphatic rings. The third-order valence-corrected chi connectivity index (χ3v) is 3.01. The van der Waals surface area contributed by atoms with Crippen molar-refractivity contribution < 1.29 is 9.53 Å². The third-order valence-electron chi connectivity index (χ3n) is 3.01. The number of ether oxygens (including phenoxy) is 1. The Morgan fingerprint density at radius 2 is 2.05 bits per heavy atom. The van der Waals surface area contributed by atoms with Crippen LogP contribution in [-0.2, 0) is 6.61 Å². The van der Waals surface area contributed by atoms with E-state index in [-0.39, 0.29) is 0 Å². The lowest BCUT2D eigenvalue weighted by molar-refractivity contribution is 0.0996. The first-order valence-electron chi connectivity index (χ1n) is 6.13. The third kappa shape index (κ3) is 2.96. The van der Waals surface area contributed by atoms with Crippen LogP contribution in [0.25, 0.3) is 0 Å². The monoisotopic (exact) mass is 266 g/mol. The number of amides is 1. The summed E-state index contributed by atoms with van der Waals surface area (Å²) < 4.78 is 5.66. The van der Waals surface area contributed by atoms with Crippen molar-refractivity contribution in [1.82, 2.24) is 0 Å². The summed E-state index contributed by atoms with van der Waals surface area (Å²) in [7, 11) is 0. The van der Waals surface area contributed by atoms with Gasteiger partial charge < -0.3 is 10.5 Å². The Morgan fingerprint density at radius 3 is 2.70 bits per heavy atom. The minimum Gasteiger partial charge on any atom is -0.488 e. The number of para-hydroxylation sites is 1. The number of nitrogens with two attached hydrogens (primary N) is 1. The van der Waals surface area contributed by atoms with Gasteiger partial charge in [-0.2, -0.15) is 5.26 Å². The molecule has 2 aromatic carbocycles. The predicted octanol–water partition coefficient (Wildman–Crippen LogP) is 2.54. The highest BCUT2D eigenvalue weighted by Crippen LogP contribution is 2.20. The number of nitrogens with zero attached hydrogens (tertiary/aromatic N) is 1. The molecule has 0 saturated carbocycles. The molecule has 2 rings (SSSR count). The fourth-order valence-corrected chi connectivity index (χ4v) is 1.88. The molecule has 0 aromatic heterocycles. The number of carbonyl (C=O) groups is 1. The molecule has 4 nitrogen and oxygen atoms in total. The van der Waals surface area contributed by atoms with E-state index < -0.39 is 5.91 Å². The number of benzene rings is 2. The van der Waals surface area contributed by atoms with Crippen LogP contribution < -0.4 is 10.5 Å². The Kier molecular flexibility index (Phi) is 4.02. The number of primary amides is 1. The van der Waals surface area contributed by atoms with Gasteiger partial charge in [0, 0.05) is 0 Å². The molecule has 0 aliphatic heterocycles. The lowest BCUT2D eigenvalue weighted by Crippen LogP contribution is -2.13. The number of hydrogen-bond donors (Lipinski definition) is 1. The molecule has 0 bridgehead atoms. The van der Waals surface area contributed by atoms with Gasteiger partial charge >= 0.3 is 0 Å². The molecule has 0 fully saturated rings. The standard InChI is InChI=1S/C16H14N2O2/c1-11-8-12(9-17)6-7-13(11)10-20-15-5-3-2-4-14(15)16(18)19/h2-8H,10H2,1H3,(H2,18,19). The van der Waals surface area contributed by atoms with E-state index in [1.807, 2.05) is 13.0 Å². The summed E-state index contributed by atoms with van der Waals surface area (Å²) in [4.78, 5) is 11.3. The summed E-state index contributed by atoms with van der Waals surface area (Å²) in [5, 5.41) is 8.83. The average molecular weight is 266 g/mol. The number of nitriles is 1. The molecule has 2 aromatic rings. The van der Waals surface area contributed by atoms with Crippen LogP contribution in [0.4, 0.5) is 0 Å². The Bertz CT molecular complexity index is 687. The first kappa shape index (κ1) is 13.6. The van der Waals surface area contributed by atoms with Crippen LogP contribution in [0.1, 0.15) is 27.0 Å². The number of aryl methyl sites for hydroxylation is 1. The van der Waals surface area contributed by atoms with Gasteiger partial charge in [0.05, 0.1) is 17.2 Å². The zero-order valence-corrected chi connectivity index (χ0v) is 11.1. The number of hydrogen-bond acceptors (Lipinski definition) is 3. The van der Waals surface area contributed by atoms with E-state index in [2.05, 4.69) is 6.07 Å². The highest BCUT2D eigenvalue weighted by atomic mass is 16.5. The quantitative estimate of drug-likeness (QED) is 0.923. The average Bonchev–Trinajstić information content (AvgIpc) is 2.46. The molecule has 0 spiro atoms. The van der Waals surface area contributed by atoms with Gasteiger partial charge in [-0.1, -0.05) is 18.2 Å². The zero-order chi connectivity index (χ0) is 14.5. The normalized spacial score (nSPS) is 9.80. The first-order chi connectivity index (χ1) is 9.61. The maximum atomic E-state index is 11.3. The summed E-state index contributed by atoms with van der Waals surface area (Å²) in [5.74, 6) is -0.0547. The molecule has 2 N–H and O–H groups in total. The number of carbonyl (C=O) groups excluding carboxylic acids is 1. The highest BCUT2D eigenvalue weighted by Gasteiger charge is 2.09. The topological polar surface area (TPSA) is 76.1 Å². The van der Waals surface area contributed by atoms with Gasteiger partial charge in [-0.3, -0.25) is 4.79 Å².